The van der Waals surface area contributed by atoms with E-state index in [-0.39, 0.29) is 41.4 Å². The van der Waals surface area contributed by atoms with Crippen LogP contribution in [0.4, 0.5) is 0 Å². The molecule has 3 rings (SSSR count). The summed E-state index contributed by atoms with van der Waals surface area (Å²) in [5.74, 6) is -0.808. The fraction of sp³-hybridized carbons (Fsp3) is 0.577. The lowest BCUT2D eigenvalue weighted by atomic mass is 9.94. The summed E-state index contributed by atoms with van der Waals surface area (Å²) in [6, 6.07) is 7.07. The van der Waals surface area contributed by atoms with E-state index in [4.69, 9.17) is 0 Å². The average Bonchev–Trinajstić information content (AvgIpc) is 2.78. The van der Waals surface area contributed by atoms with E-state index in [0.29, 0.717) is 13.0 Å². The number of carboxylic acids is 1. The van der Waals surface area contributed by atoms with Gasteiger partial charge in [-0.1, -0.05) is 31.9 Å². The smallest absolute Gasteiger partial charge is 0.320 e. The van der Waals surface area contributed by atoms with Crippen molar-refractivity contribution in [3.05, 3.63) is 45.7 Å². The Labute approximate surface area is 207 Å². The number of nitrogens with zero attached hydrogens (tertiary/aromatic N) is 2. The molecule has 1 aliphatic heterocycles. The van der Waals surface area contributed by atoms with Crippen molar-refractivity contribution < 1.29 is 14.7 Å². The van der Waals surface area contributed by atoms with Crippen LogP contribution in [0.3, 0.4) is 0 Å². The van der Waals surface area contributed by atoms with Gasteiger partial charge in [0.25, 0.3) is 11.5 Å². The van der Waals surface area contributed by atoms with Crippen LogP contribution in [0.15, 0.2) is 29.1 Å². The molecule has 8 heteroatoms. The van der Waals surface area contributed by atoms with Crippen molar-refractivity contribution in [1.29, 1.82) is 0 Å². The summed E-state index contributed by atoms with van der Waals surface area (Å²) in [4.78, 5) is 39.9. The first-order valence-corrected chi connectivity index (χ1v) is 12.1. The summed E-state index contributed by atoms with van der Waals surface area (Å²) >= 11 is 0. The predicted molar refractivity (Wildman–Crippen MR) is 138 cm³/mol. The molecule has 188 valence electrons. The first-order chi connectivity index (χ1) is 15.7. The number of likely N-dealkylation sites (tertiary alicyclic amines) is 1. The van der Waals surface area contributed by atoms with Crippen LogP contribution in [0, 0.1) is 12.8 Å². The van der Waals surface area contributed by atoms with Gasteiger partial charge in [0.1, 0.15) is 11.6 Å². The van der Waals surface area contributed by atoms with Crippen molar-refractivity contribution in [3.63, 3.8) is 0 Å². The van der Waals surface area contributed by atoms with Crippen molar-refractivity contribution in [2.45, 2.75) is 71.9 Å². The maximum Gasteiger partial charge on any atom is 0.320 e. The summed E-state index contributed by atoms with van der Waals surface area (Å²) in [7, 11) is 0. The molecule has 1 aromatic heterocycles. The lowest BCUT2D eigenvalue weighted by molar-refractivity contribution is -0.144. The lowest BCUT2D eigenvalue weighted by Crippen LogP contribution is -2.47. The molecule has 0 bridgehead atoms. The van der Waals surface area contributed by atoms with Gasteiger partial charge in [-0.2, -0.15) is 0 Å². The molecule has 1 saturated heterocycles. The number of hydrogen-bond acceptors (Lipinski definition) is 4. The number of aromatic nitrogens is 1. The number of pyridine rings is 1. The number of fused-ring (bicyclic) bond motifs is 1. The summed E-state index contributed by atoms with van der Waals surface area (Å²) in [6.45, 7) is 9.88. The van der Waals surface area contributed by atoms with Gasteiger partial charge in [-0.05, 0) is 76.7 Å². The van der Waals surface area contributed by atoms with Gasteiger partial charge in [-0.15, -0.1) is 12.4 Å². The van der Waals surface area contributed by atoms with E-state index in [0.717, 1.165) is 55.2 Å². The second kappa shape index (κ2) is 12.4. The van der Waals surface area contributed by atoms with Gasteiger partial charge in [0.15, 0.2) is 0 Å². The maximum absolute atomic E-state index is 13.1. The van der Waals surface area contributed by atoms with Crippen LogP contribution in [-0.2, 0) is 4.79 Å². The minimum absolute atomic E-state index is 0. The highest BCUT2D eigenvalue weighted by Gasteiger charge is 2.29. The van der Waals surface area contributed by atoms with Gasteiger partial charge in [-0.3, -0.25) is 19.3 Å². The zero-order chi connectivity index (χ0) is 24.1. The van der Waals surface area contributed by atoms with Crippen molar-refractivity contribution >= 4 is 35.2 Å². The van der Waals surface area contributed by atoms with E-state index in [1.54, 1.807) is 10.6 Å². The number of amides is 1. The van der Waals surface area contributed by atoms with Crippen molar-refractivity contribution in [1.82, 2.24) is 14.8 Å². The van der Waals surface area contributed by atoms with Gasteiger partial charge in [0, 0.05) is 18.0 Å². The first-order valence-electron chi connectivity index (χ1n) is 12.1. The quantitative estimate of drug-likeness (QED) is 0.542. The molecule has 7 nitrogen and oxygen atoms in total. The van der Waals surface area contributed by atoms with E-state index in [2.05, 4.69) is 17.1 Å². The number of carbonyl (C=O) groups is 2. The zero-order valence-corrected chi connectivity index (χ0v) is 21.5. The molecule has 1 atom stereocenters. The minimum atomic E-state index is -0.747. The Morgan fingerprint density at radius 1 is 1.21 bits per heavy atom. The Balaban J connectivity index is 0.00000408. The molecule has 34 heavy (non-hydrogen) atoms. The number of carboxylic acid groups (broad SMARTS) is 1. The van der Waals surface area contributed by atoms with E-state index in [1.165, 1.54) is 0 Å². The Kier molecular flexibility index (Phi) is 10.1. The average molecular weight is 492 g/mol. The largest absolute Gasteiger partial charge is 0.480 e. The number of unbranched alkanes of at least 4 members (excludes halogenated alkanes) is 1. The fourth-order valence-corrected chi connectivity index (χ4v) is 4.84. The van der Waals surface area contributed by atoms with Crippen molar-refractivity contribution in [2.24, 2.45) is 5.92 Å². The van der Waals surface area contributed by atoms with Crippen LogP contribution < -0.4 is 10.9 Å². The van der Waals surface area contributed by atoms with Crippen LogP contribution in [0.1, 0.15) is 74.8 Å². The molecule has 0 spiro atoms. The number of halogens is 1. The standard InChI is InChI=1S/C26H37N3O4.ClH/c1-5-6-9-23(26(32)33)28-13-11-19(12-14-28)16-27-24(30)21-15-20-18(4)8-7-10-22(20)29(17(2)3)25(21)31;/h7-8,10,15,17,19,23H,5-6,9,11-14,16H2,1-4H3,(H,27,30)(H,32,33);1H. The Morgan fingerprint density at radius 3 is 2.47 bits per heavy atom. The van der Waals surface area contributed by atoms with E-state index in [1.807, 2.05) is 39.0 Å². The third-order valence-electron chi connectivity index (χ3n) is 6.82. The van der Waals surface area contributed by atoms with Crippen molar-refractivity contribution in [2.75, 3.05) is 19.6 Å². The molecule has 1 aromatic carbocycles. The third kappa shape index (κ3) is 6.19. The predicted octanol–water partition coefficient (Wildman–Crippen LogP) is 4.40. The highest BCUT2D eigenvalue weighted by molar-refractivity contribution is 5.98. The SMILES string of the molecule is CCCCC(C(=O)O)N1CCC(CNC(=O)c2cc3c(C)cccc3n(C(C)C)c2=O)CC1.Cl. The number of rotatable bonds is 9. The van der Waals surface area contributed by atoms with Gasteiger partial charge >= 0.3 is 5.97 Å². The lowest BCUT2D eigenvalue weighted by Gasteiger charge is -2.35. The second-order valence-corrected chi connectivity index (χ2v) is 9.52. The van der Waals surface area contributed by atoms with E-state index in [9.17, 15) is 19.5 Å². The molecular weight excluding hydrogens is 454 g/mol. The topological polar surface area (TPSA) is 91.6 Å². The third-order valence-corrected chi connectivity index (χ3v) is 6.82. The molecule has 2 N–H and O–H groups in total. The van der Waals surface area contributed by atoms with Crippen molar-refractivity contribution in [3.8, 4) is 0 Å². The zero-order valence-electron chi connectivity index (χ0n) is 20.7. The normalized spacial score (nSPS) is 15.8. The molecule has 2 aromatic rings. The fourth-order valence-electron chi connectivity index (χ4n) is 4.84. The maximum atomic E-state index is 13.1. The van der Waals surface area contributed by atoms with E-state index < -0.39 is 12.0 Å². The molecular formula is C26H38ClN3O4. The number of hydrogen-bond donors (Lipinski definition) is 2. The van der Waals surface area contributed by atoms with Crippen LogP contribution >= 0.6 is 12.4 Å². The second-order valence-electron chi connectivity index (χ2n) is 9.52. The summed E-state index contributed by atoms with van der Waals surface area (Å²) in [6.07, 6.45) is 4.24. The summed E-state index contributed by atoms with van der Waals surface area (Å²) in [5, 5.41) is 13.5. The molecule has 0 aliphatic carbocycles. The number of piperidine rings is 1. The van der Waals surface area contributed by atoms with Crippen LogP contribution in [0.2, 0.25) is 0 Å². The summed E-state index contributed by atoms with van der Waals surface area (Å²) in [5.41, 5.74) is 1.78. The number of nitrogens with one attached hydrogen (secondary N) is 1. The molecule has 1 unspecified atom stereocenters. The molecule has 1 amide bonds. The minimum Gasteiger partial charge on any atom is -0.480 e. The summed E-state index contributed by atoms with van der Waals surface area (Å²) < 4.78 is 1.69. The van der Waals surface area contributed by atoms with Crippen LogP contribution in [0.5, 0.6) is 0 Å². The Bertz CT molecular complexity index is 1060. The molecule has 1 aliphatic rings. The van der Waals surface area contributed by atoms with Gasteiger partial charge in [0.05, 0.1) is 5.52 Å². The highest BCUT2D eigenvalue weighted by atomic mass is 35.5. The number of benzene rings is 1. The Hall–Kier alpha value is -2.38. The van der Waals surface area contributed by atoms with Gasteiger partial charge in [-0.25, -0.2) is 0 Å². The molecule has 2 heterocycles. The highest BCUT2D eigenvalue weighted by Crippen LogP contribution is 2.22. The Morgan fingerprint density at radius 2 is 1.88 bits per heavy atom. The van der Waals surface area contributed by atoms with E-state index >= 15 is 0 Å². The van der Waals surface area contributed by atoms with Crippen LogP contribution in [-0.4, -0.2) is 52.1 Å². The molecule has 0 radical (unpaired) electrons. The van der Waals surface area contributed by atoms with Gasteiger partial charge in [0.2, 0.25) is 0 Å². The number of carbonyl (C=O) groups excluding carboxylic acids is 1. The van der Waals surface area contributed by atoms with Gasteiger partial charge < -0.3 is 15.0 Å². The monoisotopic (exact) mass is 491 g/mol. The molecule has 0 saturated carbocycles. The number of aryl methyl sites for hydroxylation is 1. The number of aliphatic carboxylic acids is 1. The first kappa shape index (κ1) is 27.9. The van der Waals surface area contributed by atoms with Crippen LogP contribution in [0.25, 0.3) is 10.9 Å². The molecule has 1 fully saturated rings.